The summed E-state index contributed by atoms with van der Waals surface area (Å²) in [7, 11) is 3.23. The molecule has 1 aromatic carbocycles. The van der Waals surface area contributed by atoms with Gasteiger partial charge < -0.3 is 14.6 Å². The average molecular weight is 262 g/mol. The maximum Gasteiger partial charge on any atom is 0.339 e. The standard InChI is InChI=1S/C13H14N2O4/c1-15-7-10(6-14-15)19-8-9-3-4-12(18-2)11(5-9)13(16)17/h3-7H,8H2,1-2H3,(H,16,17). The quantitative estimate of drug-likeness (QED) is 0.887. The molecule has 0 aliphatic heterocycles. The number of rotatable bonds is 5. The predicted molar refractivity (Wildman–Crippen MR) is 67.5 cm³/mol. The molecule has 0 saturated carbocycles. The van der Waals surface area contributed by atoms with E-state index < -0.39 is 5.97 Å². The van der Waals surface area contributed by atoms with E-state index in [1.165, 1.54) is 13.2 Å². The van der Waals surface area contributed by atoms with Gasteiger partial charge in [-0.15, -0.1) is 0 Å². The van der Waals surface area contributed by atoms with Gasteiger partial charge >= 0.3 is 5.97 Å². The van der Waals surface area contributed by atoms with Crippen LogP contribution in [0, 0.1) is 0 Å². The summed E-state index contributed by atoms with van der Waals surface area (Å²) in [6, 6.07) is 4.92. The first-order chi connectivity index (χ1) is 9.10. The van der Waals surface area contributed by atoms with E-state index in [0.717, 1.165) is 5.56 Å². The number of methoxy groups -OCH3 is 1. The highest BCUT2D eigenvalue weighted by atomic mass is 16.5. The highest BCUT2D eigenvalue weighted by Crippen LogP contribution is 2.21. The Labute approximate surface area is 110 Å². The Morgan fingerprint density at radius 2 is 2.26 bits per heavy atom. The van der Waals surface area contributed by atoms with E-state index in [-0.39, 0.29) is 12.2 Å². The Morgan fingerprint density at radius 1 is 1.47 bits per heavy atom. The van der Waals surface area contributed by atoms with Crippen LogP contribution in [0.5, 0.6) is 11.5 Å². The monoisotopic (exact) mass is 262 g/mol. The highest BCUT2D eigenvalue weighted by molar-refractivity contribution is 5.91. The molecule has 1 heterocycles. The zero-order valence-corrected chi connectivity index (χ0v) is 10.7. The molecule has 1 aromatic heterocycles. The molecule has 0 saturated heterocycles. The van der Waals surface area contributed by atoms with Crippen molar-refractivity contribution >= 4 is 5.97 Å². The summed E-state index contributed by atoms with van der Waals surface area (Å²) in [4.78, 5) is 11.1. The molecular formula is C13H14N2O4. The average Bonchev–Trinajstić information content (AvgIpc) is 2.81. The minimum Gasteiger partial charge on any atom is -0.496 e. The van der Waals surface area contributed by atoms with Crippen LogP contribution < -0.4 is 9.47 Å². The summed E-state index contributed by atoms with van der Waals surface area (Å²) >= 11 is 0. The van der Waals surface area contributed by atoms with E-state index in [0.29, 0.717) is 11.5 Å². The van der Waals surface area contributed by atoms with Crippen LogP contribution in [0.15, 0.2) is 30.6 Å². The third kappa shape index (κ3) is 3.04. The molecule has 0 fully saturated rings. The highest BCUT2D eigenvalue weighted by Gasteiger charge is 2.11. The minimum absolute atomic E-state index is 0.120. The zero-order chi connectivity index (χ0) is 13.8. The largest absolute Gasteiger partial charge is 0.496 e. The first kappa shape index (κ1) is 12.9. The van der Waals surface area contributed by atoms with Crippen molar-refractivity contribution in [2.45, 2.75) is 6.61 Å². The molecule has 2 aromatic rings. The van der Waals surface area contributed by atoms with Gasteiger partial charge in [-0.3, -0.25) is 4.68 Å². The first-order valence-corrected chi connectivity index (χ1v) is 5.62. The van der Waals surface area contributed by atoms with Crippen LogP contribution in [-0.4, -0.2) is 28.0 Å². The van der Waals surface area contributed by atoms with Gasteiger partial charge in [0.2, 0.25) is 0 Å². The molecule has 19 heavy (non-hydrogen) atoms. The fourth-order valence-corrected chi connectivity index (χ4v) is 1.65. The SMILES string of the molecule is COc1ccc(COc2cnn(C)c2)cc1C(=O)O. The van der Waals surface area contributed by atoms with Crippen molar-refractivity contribution in [2.24, 2.45) is 7.05 Å². The van der Waals surface area contributed by atoms with Gasteiger partial charge in [0.25, 0.3) is 0 Å². The Kier molecular flexibility index (Phi) is 3.70. The smallest absolute Gasteiger partial charge is 0.339 e. The molecule has 0 aliphatic rings. The maximum absolute atomic E-state index is 11.1. The van der Waals surface area contributed by atoms with Crippen molar-refractivity contribution in [1.29, 1.82) is 0 Å². The lowest BCUT2D eigenvalue weighted by molar-refractivity contribution is 0.0693. The van der Waals surface area contributed by atoms with Gasteiger partial charge in [-0.1, -0.05) is 6.07 Å². The summed E-state index contributed by atoms with van der Waals surface area (Å²) in [5.41, 5.74) is 0.872. The number of hydrogen-bond donors (Lipinski definition) is 1. The number of carboxylic acid groups (broad SMARTS) is 1. The fourth-order valence-electron chi connectivity index (χ4n) is 1.65. The molecule has 0 amide bonds. The topological polar surface area (TPSA) is 73.6 Å². The van der Waals surface area contributed by atoms with Gasteiger partial charge in [-0.05, 0) is 17.7 Å². The maximum atomic E-state index is 11.1. The number of ether oxygens (including phenoxy) is 2. The van der Waals surface area contributed by atoms with Crippen molar-refractivity contribution in [2.75, 3.05) is 7.11 Å². The molecule has 0 bridgehead atoms. The third-order valence-electron chi connectivity index (χ3n) is 2.58. The van der Waals surface area contributed by atoms with E-state index in [9.17, 15) is 4.79 Å². The molecule has 6 heteroatoms. The van der Waals surface area contributed by atoms with Crippen molar-refractivity contribution < 1.29 is 19.4 Å². The van der Waals surface area contributed by atoms with Gasteiger partial charge in [-0.25, -0.2) is 4.79 Å². The number of carbonyl (C=O) groups is 1. The molecule has 2 rings (SSSR count). The Morgan fingerprint density at radius 3 is 2.84 bits per heavy atom. The molecule has 100 valence electrons. The Bertz CT molecular complexity index is 592. The molecule has 0 radical (unpaired) electrons. The molecule has 1 N–H and O–H groups in total. The summed E-state index contributed by atoms with van der Waals surface area (Å²) in [5, 5.41) is 13.1. The second kappa shape index (κ2) is 5.43. The number of aryl methyl sites for hydroxylation is 1. The summed E-state index contributed by atoms with van der Waals surface area (Å²) in [6.45, 7) is 0.274. The van der Waals surface area contributed by atoms with Gasteiger partial charge in [0.1, 0.15) is 17.9 Å². The lowest BCUT2D eigenvalue weighted by atomic mass is 10.1. The number of benzene rings is 1. The number of hydrogen-bond acceptors (Lipinski definition) is 4. The molecular weight excluding hydrogens is 248 g/mol. The van der Waals surface area contributed by atoms with E-state index >= 15 is 0 Å². The summed E-state index contributed by atoms with van der Waals surface area (Å²) in [5.74, 6) is -0.0621. The summed E-state index contributed by atoms with van der Waals surface area (Å²) in [6.07, 6.45) is 3.34. The van der Waals surface area contributed by atoms with E-state index in [1.54, 1.807) is 36.3 Å². The van der Waals surface area contributed by atoms with Crippen LogP contribution in [0.2, 0.25) is 0 Å². The van der Waals surface area contributed by atoms with Crippen LogP contribution in [0.25, 0.3) is 0 Å². The molecule has 0 aliphatic carbocycles. The normalized spacial score (nSPS) is 10.2. The third-order valence-corrected chi connectivity index (χ3v) is 2.58. The lowest BCUT2D eigenvalue weighted by Gasteiger charge is -2.08. The van der Waals surface area contributed by atoms with Crippen LogP contribution in [0.3, 0.4) is 0 Å². The van der Waals surface area contributed by atoms with Crippen molar-refractivity contribution in [1.82, 2.24) is 9.78 Å². The zero-order valence-electron chi connectivity index (χ0n) is 10.7. The fraction of sp³-hybridized carbons (Fsp3) is 0.231. The van der Waals surface area contributed by atoms with Gasteiger partial charge in [-0.2, -0.15) is 5.10 Å². The summed E-state index contributed by atoms with van der Waals surface area (Å²) < 4.78 is 12.1. The van der Waals surface area contributed by atoms with Crippen LogP contribution >= 0.6 is 0 Å². The van der Waals surface area contributed by atoms with Crippen LogP contribution in [0.1, 0.15) is 15.9 Å². The molecule has 0 spiro atoms. The predicted octanol–water partition coefficient (Wildman–Crippen LogP) is 1.71. The van der Waals surface area contributed by atoms with E-state index in [4.69, 9.17) is 14.6 Å². The van der Waals surface area contributed by atoms with E-state index in [1.807, 2.05) is 0 Å². The second-order valence-corrected chi connectivity index (χ2v) is 3.98. The van der Waals surface area contributed by atoms with Gasteiger partial charge in [0.05, 0.1) is 19.5 Å². The lowest BCUT2D eigenvalue weighted by Crippen LogP contribution is -2.03. The van der Waals surface area contributed by atoms with Crippen LogP contribution in [0.4, 0.5) is 0 Å². The van der Waals surface area contributed by atoms with E-state index in [2.05, 4.69) is 5.10 Å². The molecule has 0 unspecified atom stereocenters. The number of aromatic nitrogens is 2. The van der Waals surface area contributed by atoms with Crippen molar-refractivity contribution in [3.8, 4) is 11.5 Å². The van der Waals surface area contributed by atoms with Crippen LogP contribution in [-0.2, 0) is 13.7 Å². The molecule has 6 nitrogen and oxygen atoms in total. The van der Waals surface area contributed by atoms with Crippen molar-refractivity contribution in [3.05, 3.63) is 41.7 Å². The first-order valence-electron chi connectivity index (χ1n) is 5.62. The Hall–Kier alpha value is -2.50. The number of carboxylic acids is 1. The second-order valence-electron chi connectivity index (χ2n) is 3.98. The van der Waals surface area contributed by atoms with Gasteiger partial charge in [0.15, 0.2) is 5.75 Å². The minimum atomic E-state index is -1.03. The van der Waals surface area contributed by atoms with Gasteiger partial charge in [0, 0.05) is 7.05 Å². The Balaban J connectivity index is 2.12. The number of aromatic carboxylic acids is 1. The number of nitrogens with zero attached hydrogens (tertiary/aromatic N) is 2. The molecule has 0 atom stereocenters. The van der Waals surface area contributed by atoms with Crippen molar-refractivity contribution in [3.63, 3.8) is 0 Å².